The smallest absolute Gasteiger partial charge is 0.462 e. The number of carbonyl (C=O) groups is 2. The molecule has 0 aromatic heterocycles. The van der Waals surface area contributed by atoms with E-state index in [1.54, 1.807) is 0 Å². The lowest BCUT2D eigenvalue weighted by molar-refractivity contribution is -0.870. The Morgan fingerprint density at radius 2 is 0.750 bits per heavy atom. The Morgan fingerprint density at radius 3 is 1.12 bits per heavy atom. The second kappa shape index (κ2) is 57.1. The molecule has 0 amide bonds. The summed E-state index contributed by atoms with van der Waals surface area (Å²) in [6, 6.07) is 0. The van der Waals surface area contributed by atoms with Crippen molar-refractivity contribution in [2.75, 3.05) is 47.5 Å². The molecule has 76 heavy (non-hydrogen) atoms. The summed E-state index contributed by atoms with van der Waals surface area (Å²) in [5.74, 6) is -0.806. The summed E-state index contributed by atoms with van der Waals surface area (Å²) in [4.78, 5) is 35.6. The summed E-state index contributed by atoms with van der Waals surface area (Å²) in [6.07, 6.45) is 75.9. The molecular weight excluding hydrogens is 966 g/mol. The van der Waals surface area contributed by atoms with Crippen molar-refractivity contribution in [3.63, 3.8) is 0 Å². The Labute approximate surface area is 469 Å². The zero-order valence-electron chi connectivity index (χ0n) is 50.2. The molecule has 0 rings (SSSR count). The van der Waals surface area contributed by atoms with Crippen LogP contribution in [0.15, 0.2) is 72.9 Å². The number of ether oxygens (including phenoxy) is 2. The molecule has 0 radical (unpaired) electrons. The maximum absolute atomic E-state index is 12.8. The van der Waals surface area contributed by atoms with Gasteiger partial charge in [0.2, 0.25) is 0 Å². The number of allylic oxidation sites excluding steroid dienone is 12. The van der Waals surface area contributed by atoms with Crippen LogP contribution in [-0.2, 0) is 32.7 Å². The summed E-state index contributed by atoms with van der Waals surface area (Å²) in [5.41, 5.74) is 0. The molecule has 2 atom stereocenters. The van der Waals surface area contributed by atoms with Crippen molar-refractivity contribution >= 4 is 19.8 Å². The summed E-state index contributed by atoms with van der Waals surface area (Å²) < 4.78 is 34.5. The quantitative estimate of drug-likeness (QED) is 0.0211. The van der Waals surface area contributed by atoms with Gasteiger partial charge in [-0.15, -0.1) is 0 Å². The van der Waals surface area contributed by atoms with Crippen LogP contribution in [0.4, 0.5) is 0 Å². The Hall–Kier alpha value is -2.55. The summed E-state index contributed by atoms with van der Waals surface area (Å²) in [6.45, 7) is 4.26. The highest BCUT2D eigenvalue weighted by molar-refractivity contribution is 7.47. The Bertz CT molecular complexity index is 1510. The van der Waals surface area contributed by atoms with Gasteiger partial charge in [0.05, 0.1) is 27.7 Å². The van der Waals surface area contributed by atoms with Crippen molar-refractivity contribution in [3.05, 3.63) is 72.9 Å². The second-order valence-electron chi connectivity index (χ2n) is 22.4. The van der Waals surface area contributed by atoms with E-state index in [9.17, 15) is 19.0 Å². The van der Waals surface area contributed by atoms with Gasteiger partial charge in [-0.05, 0) is 77.0 Å². The predicted octanol–water partition coefficient (Wildman–Crippen LogP) is 20.0. The van der Waals surface area contributed by atoms with E-state index in [0.29, 0.717) is 17.4 Å². The first-order valence-corrected chi connectivity index (χ1v) is 33.2. The van der Waals surface area contributed by atoms with Gasteiger partial charge in [0.25, 0.3) is 0 Å². The molecule has 9 nitrogen and oxygen atoms in total. The molecule has 0 aliphatic carbocycles. The lowest BCUT2D eigenvalue weighted by Gasteiger charge is -2.24. The molecule has 2 unspecified atom stereocenters. The van der Waals surface area contributed by atoms with Crippen molar-refractivity contribution in [2.45, 2.75) is 290 Å². The number of rotatable bonds is 58. The van der Waals surface area contributed by atoms with Crippen LogP contribution in [0.1, 0.15) is 284 Å². The van der Waals surface area contributed by atoms with E-state index in [0.717, 1.165) is 89.9 Å². The van der Waals surface area contributed by atoms with Crippen LogP contribution < -0.4 is 0 Å². The van der Waals surface area contributed by atoms with E-state index < -0.39 is 26.5 Å². The number of hydrogen-bond acceptors (Lipinski definition) is 7. The number of unbranched alkanes of at least 4 members (excludes halogenated alkanes) is 32. The van der Waals surface area contributed by atoms with Gasteiger partial charge in [0.15, 0.2) is 6.10 Å². The number of esters is 2. The van der Waals surface area contributed by atoms with Gasteiger partial charge in [-0.3, -0.25) is 18.6 Å². The lowest BCUT2D eigenvalue weighted by Crippen LogP contribution is -2.37. The topological polar surface area (TPSA) is 108 Å². The molecule has 0 saturated heterocycles. The minimum Gasteiger partial charge on any atom is -0.462 e. The van der Waals surface area contributed by atoms with E-state index in [4.69, 9.17) is 18.5 Å². The van der Waals surface area contributed by atoms with Gasteiger partial charge in [-0.2, -0.15) is 0 Å². The van der Waals surface area contributed by atoms with Crippen LogP contribution in [-0.4, -0.2) is 74.9 Å². The fourth-order valence-electron chi connectivity index (χ4n) is 8.87. The highest BCUT2D eigenvalue weighted by atomic mass is 31.2. The Balaban J connectivity index is 3.88. The second-order valence-corrected chi connectivity index (χ2v) is 23.9. The molecule has 0 spiro atoms. The van der Waals surface area contributed by atoms with Gasteiger partial charge in [-0.25, -0.2) is 4.57 Å². The zero-order valence-corrected chi connectivity index (χ0v) is 51.1. The first-order valence-electron chi connectivity index (χ1n) is 31.7. The lowest BCUT2D eigenvalue weighted by atomic mass is 10.0. The number of phosphoric ester groups is 1. The fraction of sp³-hybridized carbons (Fsp3) is 0.788. The van der Waals surface area contributed by atoms with Crippen LogP contribution in [0.2, 0.25) is 0 Å². The third kappa shape index (κ3) is 60.7. The largest absolute Gasteiger partial charge is 0.472 e. The average molecular weight is 1090 g/mol. The van der Waals surface area contributed by atoms with Crippen molar-refractivity contribution in [1.29, 1.82) is 0 Å². The van der Waals surface area contributed by atoms with Gasteiger partial charge in [0, 0.05) is 12.8 Å². The minimum absolute atomic E-state index is 0.0294. The first-order chi connectivity index (χ1) is 37.0. The standard InChI is InChI=1S/C66H120NO8P/c1-6-8-10-12-14-16-18-20-21-22-23-24-25-26-27-28-29-30-31-32-33-34-35-36-37-38-39-40-41-42-43-44-45-47-49-51-53-55-57-59-66(69)75-64(63-74-76(70,71)73-61-60-67(3,4)5)62-72-65(68)58-56-54-52-50-48-46-19-17-15-13-11-9-7-2/h8,10-11,13-14,16-17,19-21,23-24,64H,6-7,9,12,15,18,22,25-63H2,1-5H3/p+1/b10-8-,13-11-,16-14-,19-17-,21-20-,24-23-. The number of phosphoric acid groups is 1. The molecule has 0 saturated carbocycles. The van der Waals surface area contributed by atoms with Gasteiger partial charge in [-0.1, -0.05) is 267 Å². The number of quaternary nitrogens is 1. The van der Waals surface area contributed by atoms with E-state index in [1.165, 1.54) is 161 Å². The molecule has 0 aliphatic heterocycles. The molecular formula is C66H121NO8P+. The first kappa shape index (κ1) is 73.5. The third-order valence-electron chi connectivity index (χ3n) is 13.7. The predicted molar refractivity (Wildman–Crippen MR) is 326 cm³/mol. The maximum atomic E-state index is 12.8. The zero-order chi connectivity index (χ0) is 55.6. The van der Waals surface area contributed by atoms with Crippen molar-refractivity contribution in [2.24, 2.45) is 0 Å². The number of nitrogens with zero attached hydrogens (tertiary/aromatic N) is 1. The molecule has 0 fully saturated rings. The summed E-state index contributed by atoms with van der Waals surface area (Å²) >= 11 is 0. The van der Waals surface area contributed by atoms with Crippen LogP contribution in [0, 0.1) is 0 Å². The average Bonchev–Trinajstić information content (AvgIpc) is 3.38. The van der Waals surface area contributed by atoms with Crippen LogP contribution in [0.3, 0.4) is 0 Å². The number of hydrogen-bond donors (Lipinski definition) is 1. The Morgan fingerprint density at radius 1 is 0.421 bits per heavy atom. The van der Waals surface area contributed by atoms with Gasteiger partial charge in [0.1, 0.15) is 19.8 Å². The number of carbonyl (C=O) groups excluding carboxylic acids is 2. The van der Waals surface area contributed by atoms with Gasteiger partial charge < -0.3 is 18.9 Å². The van der Waals surface area contributed by atoms with Crippen molar-refractivity contribution in [3.8, 4) is 0 Å². The molecule has 1 N–H and O–H groups in total. The maximum Gasteiger partial charge on any atom is 0.472 e. The fourth-order valence-corrected chi connectivity index (χ4v) is 9.61. The SMILES string of the molecule is CC/C=C\C/C=C\C/C=C\C/C=C\CCCCCCCCCCCCCCCCCCCCCCCCCCCCC(=O)OC(COC(=O)CCCCCCC/C=C\C/C=C\CCC)COP(=O)(O)OCC[N+](C)(C)C. The molecule has 442 valence electrons. The Kier molecular flexibility index (Phi) is 55.2. The van der Waals surface area contributed by atoms with E-state index in [1.807, 2.05) is 21.1 Å². The normalized spacial score (nSPS) is 13.7. The van der Waals surface area contributed by atoms with Crippen LogP contribution >= 0.6 is 7.82 Å². The van der Waals surface area contributed by atoms with Crippen molar-refractivity contribution < 1.29 is 42.1 Å². The molecule has 0 bridgehead atoms. The van der Waals surface area contributed by atoms with E-state index in [2.05, 4.69) is 86.8 Å². The molecule has 0 heterocycles. The van der Waals surface area contributed by atoms with Crippen LogP contribution in [0.25, 0.3) is 0 Å². The highest BCUT2D eigenvalue weighted by Crippen LogP contribution is 2.43. The summed E-state index contributed by atoms with van der Waals surface area (Å²) in [7, 11) is 1.47. The van der Waals surface area contributed by atoms with Crippen LogP contribution in [0.5, 0.6) is 0 Å². The molecule has 0 aromatic rings. The molecule has 10 heteroatoms. The van der Waals surface area contributed by atoms with Crippen molar-refractivity contribution in [1.82, 2.24) is 0 Å². The summed E-state index contributed by atoms with van der Waals surface area (Å²) in [5, 5.41) is 0. The third-order valence-corrected chi connectivity index (χ3v) is 14.7. The van der Waals surface area contributed by atoms with Gasteiger partial charge >= 0.3 is 19.8 Å². The monoisotopic (exact) mass is 1090 g/mol. The molecule has 0 aromatic carbocycles. The molecule has 0 aliphatic rings. The minimum atomic E-state index is -4.39. The van der Waals surface area contributed by atoms with E-state index >= 15 is 0 Å². The van der Waals surface area contributed by atoms with E-state index in [-0.39, 0.29) is 32.0 Å². The number of likely N-dealkylation sites (N-methyl/N-ethyl adjacent to an activating group) is 1. The highest BCUT2D eigenvalue weighted by Gasteiger charge is 2.27.